The second-order valence-corrected chi connectivity index (χ2v) is 6.78. The van der Waals surface area contributed by atoms with Crippen molar-refractivity contribution in [1.29, 1.82) is 0 Å². The summed E-state index contributed by atoms with van der Waals surface area (Å²) in [6, 6.07) is 1.35. The fraction of sp³-hybridized carbons (Fsp3) is 0.765. The Kier molecular flexibility index (Phi) is 5.54. The van der Waals surface area contributed by atoms with Gasteiger partial charge >= 0.3 is 0 Å². The fourth-order valence-electron chi connectivity index (χ4n) is 3.74. The maximum absolute atomic E-state index is 4.71. The number of guanidine groups is 1. The highest BCUT2D eigenvalue weighted by Gasteiger charge is 2.30. The number of hydrogen-bond acceptors (Lipinski definition) is 3. The van der Waals surface area contributed by atoms with Crippen LogP contribution in [0.15, 0.2) is 17.4 Å². The number of nitrogens with one attached hydrogen (secondary N) is 2. The van der Waals surface area contributed by atoms with E-state index in [2.05, 4.69) is 27.6 Å². The van der Waals surface area contributed by atoms with Gasteiger partial charge < -0.3 is 10.6 Å². The lowest BCUT2D eigenvalue weighted by Gasteiger charge is -2.24. The lowest BCUT2D eigenvalue weighted by atomic mass is 10.2. The topological polar surface area (TPSA) is 57.5 Å². The van der Waals surface area contributed by atoms with Gasteiger partial charge in [-0.05, 0) is 26.2 Å². The van der Waals surface area contributed by atoms with Crippen molar-refractivity contribution in [3.63, 3.8) is 0 Å². The van der Waals surface area contributed by atoms with Crippen LogP contribution in [0.4, 0.5) is 0 Å². The summed E-state index contributed by atoms with van der Waals surface area (Å²) >= 11 is 0. The van der Waals surface area contributed by atoms with Crippen molar-refractivity contribution >= 4 is 5.96 Å². The Morgan fingerprint density at radius 2 is 2.17 bits per heavy atom. The smallest absolute Gasteiger partial charge is 0.191 e. The second-order valence-electron chi connectivity index (χ2n) is 6.78. The largest absolute Gasteiger partial charge is 0.357 e. The van der Waals surface area contributed by atoms with Gasteiger partial charge in [0.1, 0.15) is 0 Å². The standard InChI is InChI=1S/C17H30N6/c1-3-18-17(19-10-14-11-20-22(2)12-14)21-15-8-9-23(13-15)16-6-4-5-7-16/h11-12,15-16H,3-10,13H2,1-2H3,(H2,18,19,21). The van der Waals surface area contributed by atoms with Crippen LogP contribution in [0, 0.1) is 0 Å². The molecule has 2 heterocycles. The molecule has 1 aromatic heterocycles. The Morgan fingerprint density at radius 3 is 2.87 bits per heavy atom. The third kappa shape index (κ3) is 4.47. The van der Waals surface area contributed by atoms with Crippen molar-refractivity contribution in [3.8, 4) is 0 Å². The van der Waals surface area contributed by atoms with Gasteiger partial charge in [-0.25, -0.2) is 4.99 Å². The number of likely N-dealkylation sites (tertiary alicyclic amines) is 1. The molecule has 128 valence electrons. The molecule has 1 saturated heterocycles. The Morgan fingerprint density at radius 1 is 1.35 bits per heavy atom. The number of aryl methyl sites for hydroxylation is 1. The fourth-order valence-corrected chi connectivity index (χ4v) is 3.74. The zero-order valence-corrected chi connectivity index (χ0v) is 14.5. The minimum Gasteiger partial charge on any atom is -0.357 e. The lowest BCUT2D eigenvalue weighted by molar-refractivity contribution is 0.242. The van der Waals surface area contributed by atoms with Gasteiger partial charge in [-0.1, -0.05) is 12.8 Å². The van der Waals surface area contributed by atoms with Gasteiger partial charge in [0.15, 0.2) is 5.96 Å². The summed E-state index contributed by atoms with van der Waals surface area (Å²) in [6.45, 7) is 6.05. The highest BCUT2D eigenvalue weighted by Crippen LogP contribution is 2.26. The first-order valence-corrected chi connectivity index (χ1v) is 9.01. The van der Waals surface area contributed by atoms with Gasteiger partial charge in [0, 0.05) is 50.5 Å². The molecule has 1 saturated carbocycles. The van der Waals surface area contributed by atoms with Gasteiger partial charge in [0.05, 0.1) is 12.7 Å². The highest BCUT2D eigenvalue weighted by atomic mass is 15.3. The number of rotatable bonds is 5. The Bertz CT molecular complexity index is 517. The average molecular weight is 318 g/mol. The molecule has 1 aliphatic carbocycles. The van der Waals surface area contributed by atoms with E-state index in [1.165, 1.54) is 38.6 Å². The van der Waals surface area contributed by atoms with Crippen LogP contribution >= 0.6 is 0 Å². The monoisotopic (exact) mass is 318 g/mol. The van der Waals surface area contributed by atoms with Gasteiger partial charge in [-0.2, -0.15) is 5.10 Å². The molecule has 1 aromatic rings. The minimum atomic E-state index is 0.516. The molecule has 1 aliphatic heterocycles. The van der Waals surface area contributed by atoms with Crippen molar-refractivity contribution < 1.29 is 0 Å². The third-order valence-corrected chi connectivity index (χ3v) is 4.92. The molecule has 2 N–H and O–H groups in total. The maximum Gasteiger partial charge on any atom is 0.191 e. The summed E-state index contributed by atoms with van der Waals surface area (Å²) in [5.41, 5.74) is 1.14. The normalized spacial score (nSPS) is 23.6. The van der Waals surface area contributed by atoms with Gasteiger partial charge in [-0.15, -0.1) is 0 Å². The molecule has 6 heteroatoms. The Labute approximate surface area is 139 Å². The number of aliphatic imine (C=N–C) groups is 1. The molecule has 0 radical (unpaired) electrons. The molecule has 1 atom stereocenters. The van der Waals surface area contributed by atoms with E-state index in [4.69, 9.17) is 4.99 Å². The first kappa shape index (κ1) is 16.3. The van der Waals surface area contributed by atoms with E-state index in [1.54, 1.807) is 0 Å². The van der Waals surface area contributed by atoms with Crippen molar-refractivity contribution in [2.24, 2.45) is 12.0 Å². The first-order valence-electron chi connectivity index (χ1n) is 9.01. The first-order chi connectivity index (χ1) is 11.2. The SMILES string of the molecule is CCNC(=NCc1cnn(C)c1)NC1CCN(C2CCCC2)C1. The van der Waals surface area contributed by atoms with Crippen molar-refractivity contribution in [3.05, 3.63) is 18.0 Å². The van der Waals surface area contributed by atoms with E-state index in [-0.39, 0.29) is 0 Å². The van der Waals surface area contributed by atoms with Crippen LogP contribution in [0.5, 0.6) is 0 Å². The van der Waals surface area contributed by atoms with E-state index >= 15 is 0 Å². The molecular weight excluding hydrogens is 288 g/mol. The zero-order chi connectivity index (χ0) is 16.1. The van der Waals surface area contributed by atoms with Crippen LogP contribution in [0.25, 0.3) is 0 Å². The van der Waals surface area contributed by atoms with Crippen molar-refractivity contribution in [2.45, 2.75) is 57.7 Å². The molecule has 0 spiro atoms. The quantitative estimate of drug-likeness (QED) is 0.638. The van der Waals surface area contributed by atoms with Crippen LogP contribution in [-0.4, -0.2) is 52.4 Å². The van der Waals surface area contributed by atoms with Gasteiger partial charge in [0.2, 0.25) is 0 Å². The lowest BCUT2D eigenvalue weighted by Crippen LogP contribution is -2.45. The predicted octanol–water partition coefficient (Wildman–Crippen LogP) is 1.49. The minimum absolute atomic E-state index is 0.516. The summed E-state index contributed by atoms with van der Waals surface area (Å²) < 4.78 is 1.82. The average Bonchev–Trinajstić information content (AvgIpc) is 3.26. The summed E-state index contributed by atoms with van der Waals surface area (Å²) in [5, 5.41) is 11.2. The summed E-state index contributed by atoms with van der Waals surface area (Å²) in [6.07, 6.45) is 10.7. The number of aromatic nitrogens is 2. The molecule has 3 rings (SSSR count). The van der Waals surface area contributed by atoms with Gasteiger partial charge in [-0.3, -0.25) is 9.58 Å². The summed E-state index contributed by atoms with van der Waals surface area (Å²) in [7, 11) is 1.94. The van der Waals surface area contributed by atoms with Crippen LogP contribution in [0.2, 0.25) is 0 Å². The molecular formula is C17H30N6. The van der Waals surface area contributed by atoms with E-state index < -0.39 is 0 Å². The van der Waals surface area contributed by atoms with E-state index in [0.29, 0.717) is 12.6 Å². The van der Waals surface area contributed by atoms with Crippen LogP contribution < -0.4 is 10.6 Å². The molecule has 2 fully saturated rings. The van der Waals surface area contributed by atoms with Crippen LogP contribution in [-0.2, 0) is 13.6 Å². The third-order valence-electron chi connectivity index (χ3n) is 4.92. The summed E-state index contributed by atoms with van der Waals surface area (Å²) in [4.78, 5) is 7.38. The molecule has 0 aromatic carbocycles. The van der Waals surface area contributed by atoms with E-state index in [1.807, 2.05) is 24.1 Å². The summed E-state index contributed by atoms with van der Waals surface area (Å²) in [5.74, 6) is 0.926. The van der Waals surface area contributed by atoms with Crippen molar-refractivity contribution in [2.75, 3.05) is 19.6 Å². The van der Waals surface area contributed by atoms with E-state index in [9.17, 15) is 0 Å². The van der Waals surface area contributed by atoms with Crippen LogP contribution in [0.1, 0.15) is 44.6 Å². The van der Waals surface area contributed by atoms with Crippen molar-refractivity contribution in [1.82, 2.24) is 25.3 Å². The molecule has 2 aliphatic rings. The van der Waals surface area contributed by atoms with Gasteiger partial charge in [0.25, 0.3) is 0 Å². The molecule has 0 bridgehead atoms. The van der Waals surface area contributed by atoms with Crippen LogP contribution in [0.3, 0.4) is 0 Å². The number of hydrogen-bond donors (Lipinski definition) is 2. The van der Waals surface area contributed by atoms with E-state index in [0.717, 1.165) is 30.7 Å². The zero-order valence-electron chi connectivity index (χ0n) is 14.5. The predicted molar refractivity (Wildman–Crippen MR) is 93.4 cm³/mol. The maximum atomic E-state index is 4.71. The Hall–Kier alpha value is -1.56. The molecule has 23 heavy (non-hydrogen) atoms. The highest BCUT2D eigenvalue weighted by molar-refractivity contribution is 5.80. The molecule has 6 nitrogen and oxygen atoms in total. The Balaban J connectivity index is 1.52. The number of nitrogens with zero attached hydrogens (tertiary/aromatic N) is 4. The molecule has 0 amide bonds. The second kappa shape index (κ2) is 7.81. The molecule has 1 unspecified atom stereocenters.